The monoisotopic (exact) mass is 448 g/mol. The lowest BCUT2D eigenvalue weighted by molar-refractivity contribution is 0.327. The molecule has 2 aromatic heterocycles. The summed E-state index contributed by atoms with van der Waals surface area (Å²) in [5.74, 6) is 0.270. The van der Waals surface area contributed by atoms with E-state index in [1.807, 2.05) is 17.9 Å². The van der Waals surface area contributed by atoms with Crippen molar-refractivity contribution in [2.45, 2.75) is 25.8 Å². The van der Waals surface area contributed by atoms with Crippen LogP contribution in [0.15, 0.2) is 41.3 Å². The fourth-order valence-corrected chi connectivity index (χ4v) is 3.96. The minimum absolute atomic E-state index is 0.0721. The number of pyridine rings is 1. The van der Waals surface area contributed by atoms with Crippen LogP contribution in [-0.4, -0.2) is 40.3 Å². The van der Waals surface area contributed by atoms with Crippen molar-refractivity contribution in [1.29, 1.82) is 5.26 Å². The summed E-state index contributed by atoms with van der Waals surface area (Å²) in [4.78, 5) is 24.7. The van der Waals surface area contributed by atoms with Gasteiger partial charge in [0.1, 0.15) is 11.9 Å². The number of hydrogen-bond donors (Lipinski definition) is 1. The lowest BCUT2D eigenvalue weighted by atomic mass is 10.00. The number of nitriles is 1. The molecule has 1 aromatic carbocycles. The smallest absolute Gasteiger partial charge is 0.263 e. The molecule has 4 rings (SSSR count). The summed E-state index contributed by atoms with van der Waals surface area (Å²) in [6.07, 6.45) is 3.13. The standard InChI is InChI=1S/C24H25FN6O2/c1-3-33-20-7-6-17(14-28-20)21-22(15-4-5-16(13-26)19(25)12-15)29-24(30(2)23(21)32)31-10-8-18(27)9-11-31/h4-7,12,14,18H,3,8-11,27H2,1-2H3. The van der Waals surface area contributed by atoms with E-state index in [0.717, 1.165) is 12.8 Å². The number of ether oxygens (including phenoxy) is 1. The first kappa shape index (κ1) is 22.4. The lowest BCUT2D eigenvalue weighted by Gasteiger charge is -2.32. The summed E-state index contributed by atoms with van der Waals surface area (Å²) in [6, 6.07) is 9.60. The Morgan fingerprint density at radius 1 is 1.24 bits per heavy atom. The molecule has 0 aliphatic carbocycles. The van der Waals surface area contributed by atoms with E-state index in [9.17, 15) is 9.18 Å². The van der Waals surface area contributed by atoms with Crippen LogP contribution in [0.5, 0.6) is 5.88 Å². The van der Waals surface area contributed by atoms with E-state index >= 15 is 0 Å². The van der Waals surface area contributed by atoms with Gasteiger partial charge in [0.25, 0.3) is 5.56 Å². The highest BCUT2D eigenvalue weighted by atomic mass is 19.1. The van der Waals surface area contributed by atoms with E-state index in [4.69, 9.17) is 20.7 Å². The Hall–Kier alpha value is -3.77. The van der Waals surface area contributed by atoms with Gasteiger partial charge in [0.15, 0.2) is 0 Å². The van der Waals surface area contributed by atoms with E-state index in [-0.39, 0.29) is 17.2 Å². The summed E-state index contributed by atoms with van der Waals surface area (Å²) in [5.41, 5.74) is 7.27. The van der Waals surface area contributed by atoms with Gasteiger partial charge in [0.05, 0.1) is 23.4 Å². The molecule has 3 aromatic rings. The van der Waals surface area contributed by atoms with E-state index < -0.39 is 5.82 Å². The largest absolute Gasteiger partial charge is 0.478 e. The molecule has 9 heteroatoms. The van der Waals surface area contributed by atoms with Crippen molar-refractivity contribution < 1.29 is 9.13 Å². The number of hydrogen-bond acceptors (Lipinski definition) is 7. The van der Waals surface area contributed by atoms with Gasteiger partial charge in [-0.2, -0.15) is 5.26 Å². The molecule has 170 valence electrons. The van der Waals surface area contributed by atoms with Crippen LogP contribution < -0.4 is 20.9 Å². The van der Waals surface area contributed by atoms with Gasteiger partial charge in [-0.05, 0) is 38.0 Å². The average molecular weight is 449 g/mol. The Morgan fingerprint density at radius 2 is 1.97 bits per heavy atom. The van der Waals surface area contributed by atoms with Gasteiger partial charge in [-0.15, -0.1) is 0 Å². The van der Waals surface area contributed by atoms with Crippen LogP contribution in [0.1, 0.15) is 25.3 Å². The molecule has 1 fully saturated rings. The molecule has 0 bridgehead atoms. The first-order valence-electron chi connectivity index (χ1n) is 10.8. The summed E-state index contributed by atoms with van der Waals surface area (Å²) >= 11 is 0. The molecule has 0 spiro atoms. The highest BCUT2D eigenvalue weighted by Gasteiger charge is 2.24. The zero-order valence-corrected chi connectivity index (χ0v) is 18.6. The van der Waals surface area contributed by atoms with E-state index in [0.29, 0.717) is 53.9 Å². The fourth-order valence-electron chi connectivity index (χ4n) is 3.96. The Kier molecular flexibility index (Phi) is 6.38. The van der Waals surface area contributed by atoms with Crippen molar-refractivity contribution in [3.8, 4) is 34.3 Å². The van der Waals surface area contributed by atoms with E-state index in [1.54, 1.807) is 31.4 Å². The maximum atomic E-state index is 14.5. The van der Waals surface area contributed by atoms with Gasteiger partial charge in [0.2, 0.25) is 11.8 Å². The number of benzene rings is 1. The molecule has 0 amide bonds. The number of nitrogens with zero attached hydrogens (tertiary/aromatic N) is 5. The number of anilines is 1. The molecule has 0 saturated carbocycles. The summed E-state index contributed by atoms with van der Waals surface area (Å²) < 4.78 is 21.4. The molecule has 2 N–H and O–H groups in total. The van der Waals surface area contributed by atoms with Gasteiger partial charge >= 0.3 is 0 Å². The van der Waals surface area contributed by atoms with Crippen LogP contribution >= 0.6 is 0 Å². The molecule has 33 heavy (non-hydrogen) atoms. The van der Waals surface area contributed by atoms with Gasteiger partial charge in [-0.25, -0.2) is 14.4 Å². The number of piperidine rings is 1. The van der Waals surface area contributed by atoms with Crippen LogP contribution in [0.4, 0.5) is 10.3 Å². The number of nitrogens with two attached hydrogens (primary N) is 1. The van der Waals surface area contributed by atoms with Crippen LogP contribution in [-0.2, 0) is 7.05 Å². The third-order valence-corrected chi connectivity index (χ3v) is 5.77. The molecule has 0 atom stereocenters. The lowest BCUT2D eigenvalue weighted by Crippen LogP contribution is -2.42. The zero-order chi connectivity index (χ0) is 23.5. The number of aromatic nitrogens is 3. The molecule has 0 unspecified atom stereocenters. The van der Waals surface area contributed by atoms with Crippen LogP contribution in [0.2, 0.25) is 0 Å². The maximum absolute atomic E-state index is 14.5. The molecule has 0 radical (unpaired) electrons. The van der Waals surface area contributed by atoms with E-state index in [1.165, 1.54) is 16.7 Å². The number of halogens is 1. The maximum Gasteiger partial charge on any atom is 0.263 e. The molecule has 8 nitrogen and oxygen atoms in total. The van der Waals surface area contributed by atoms with Gasteiger partial charge < -0.3 is 15.4 Å². The topological polar surface area (TPSA) is 110 Å². The second-order valence-corrected chi connectivity index (χ2v) is 7.95. The van der Waals surface area contributed by atoms with Gasteiger partial charge in [0, 0.05) is 49.6 Å². The van der Waals surface area contributed by atoms with Crippen molar-refractivity contribution in [2.24, 2.45) is 12.8 Å². The molecular weight excluding hydrogens is 423 g/mol. The molecule has 1 aliphatic heterocycles. The fraction of sp³-hybridized carbons (Fsp3) is 0.333. The van der Waals surface area contributed by atoms with Crippen LogP contribution in [0, 0.1) is 17.1 Å². The summed E-state index contributed by atoms with van der Waals surface area (Å²) in [5, 5.41) is 9.10. The first-order chi connectivity index (χ1) is 15.9. The summed E-state index contributed by atoms with van der Waals surface area (Å²) in [6.45, 7) is 3.68. The van der Waals surface area contributed by atoms with Crippen LogP contribution in [0.3, 0.4) is 0 Å². The highest BCUT2D eigenvalue weighted by Crippen LogP contribution is 2.31. The molecule has 1 saturated heterocycles. The molecule has 1 aliphatic rings. The second kappa shape index (κ2) is 9.38. The summed E-state index contributed by atoms with van der Waals surface area (Å²) in [7, 11) is 1.67. The third kappa shape index (κ3) is 4.43. The Labute approximate surface area is 191 Å². The predicted octanol–water partition coefficient (Wildman–Crippen LogP) is 2.85. The first-order valence-corrected chi connectivity index (χ1v) is 10.8. The van der Waals surface area contributed by atoms with Crippen molar-refractivity contribution in [2.75, 3.05) is 24.6 Å². The Morgan fingerprint density at radius 3 is 2.58 bits per heavy atom. The van der Waals surface area contributed by atoms with E-state index in [2.05, 4.69) is 4.98 Å². The van der Waals surface area contributed by atoms with Crippen LogP contribution in [0.25, 0.3) is 22.4 Å². The predicted molar refractivity (Wildman–Crippen MR) is 123 cm³/mol. The molecule has 3 heterocycles. The zero-order valence-electron chi connectivity index (χ0n) is 18.6. The minimum atomic E-state index is -0.668. The van der Waals surface area contributed by atoms with Crippen molar-refractivity contribution in [3.63, 3.8) is 0 Å². The normalized spacial score (nSPS) is 14.2. The number of rotatable bonds is 5. The van der Waals surface area contributed by atoms with Crippen molar-refractivity contribution in [1.82, 2.24) is 14.5 Å². The quantitative estimate of drug-likeness (QED) is 0.639. The van der Waals surface area contributed by atoms with Gasteiger partial charge in [-0.1, -0.05) is 6.07 Å². The molecular formula is C24H25FN6O2. The Bertz CT molecular complexity index is 1260. The van der Waals surface area contributed by atoms with Crippen molar-refractivity contribution in [3.05, 3.63) is 58.3 Å². The Balaban J connectivity index is 1.91. The van der Waals surface area contributed by atoms with Gasteiger partial charge in [-0.3, -0.25) is 9.36 Å². The third-order valence-electron chi connectivity index (χ3n) is 5.77. The SMILES string of the molecule is CCOc1ccc(-c2c(-c3ccc(C#N)c(F)c3)nc(N3CCC(N)CC3)n(C)c2=O)cn1. The van der Waals surface area contributed by atoms with Crippen molar-refractivity contribution >= 4 is 5.95 Å². The highest BCUT2D eigenvalue weighted by molar-refractivity contribution is 5.81. The average Bonchev–Trinajstić information content (AvgIpc) is 2.82. The second-order valence-electron chi connectivity index (χ2n) is 7.95. The minimum Gasteiger partial charge on any atom is -0.478 e.